The predicted octanol–water partition coefficient (Wildman–Crippen LogP) is 6.39. The zero-order chi connectivity index (χ0) is 21.7. The molecule has 0 heterocycles. The highest BCUT2D eigenvalue weighted by Gasteiger charge is 2.38. The zero-order valence-corrected chi connectivity index (χ0v) is 19.2. The summed E-state index contributed by atoms with van der Waals surface area (Å²) in [7, 11) is 3.20. The van der Waals surface area contributed by atoms with Gasteiger partial charge >= 0.3 is 0 Å². The van der Waals surface area contributed by atoms with Gasteiger partial charge in [-0.15, -0.1) is 0 Å². The van der Waals surface area contributed by atoms with Crippen molar-refractivity contribution in [2.24, 2.45) is 0 Å². The second-order valence-electron chi connectivity index (χ2n) is 7.08. The van der Waals surface area contributed by atoms with E-state index in [9.17, 15) is 4.79 Å². The van der Waals surface area contributed by atoms with Crippen LogP contribution >= 0.6 is 34.8 Å². The molecule has 0 spiro atoms. The van der Waals surface area contributed by atoms with Crippen LogP contribution in [-0.4, -0.2) is 28.8 Å². The lowest BCUT2D eigenvalue weighted by Crippen LogP contribution is -2.39. The number of nitrogens with zero attached hydrogens (tertiary/aromatic N) is 1. The Hall–Kier alpha value is -1.88. The third-order valence-electron chi connectivity index (χ3n) is 5.17. The van der Waals surface area contributed by atoms with Crippen molar-refractivity contribution in [3.05, 3.63) is 65.4 Å². The van der Waals surface area contributed by atoms with Gasteiger partial charge in [-0.2, -0.15) is 0 Å². The Bertz CT molecular complexity index is 923. The maximum absolute atomic E-state index is 13.1. The van der Waals surface area contributed by atoms with Crippen molar-refractivity contribution >= 4 is 46.3 Å². The van der Waals surface area contributed by atoms with Crippen molar-refractivity contribution in [1.82, 2.24) is 4.90 Å². The van der Waals surface area contributed by atoms with Crippen molar-refractivity contribution in [2.45, 2.75) is 36.0 Å². The summed E-state index contributed by atoms with van der Waals surface area (Å²) in [6.45, 7) is 0.333. The van der Waals surface area contributed by atoms with Crippen LogP contribution in [0.15, 0.2) is 54.2 Å². The van der Waals surface area contributed by atoms with Gasteiger partial charge in [0.25, 0.3) is 9.70 Å². The minimum atomic E-state index is -2.04. The highest BCUT2D eigenvalue weighted by atomic mass is 35.6. The van der Waals surface area contributed by atoms with Crippen LogP contribution in [0.1, 0.15) is 36.8 Å². The Morgan fingerprint density at radius 1 is 0.967 bits per heavy atom. The van der Waals surface area contributed by atoms with Gasteiger partial charge < -0.3 is 14.4 Å². The first-order chi connectivity index (χ1) is 14.3. The molecule has 1 aliphatic carbocycles. The molecule has 30 heavy (non-hydrogen) atoms. The summed E-state index contributed by atoms with van der Waals surface area (Å²) in [6.07, 6.45) is 3.53. The summed E-state index contributed by atoms with van der Waals surface area (Å²) in [5.41, 5.74) is 3.87. The van der Waals surface area contributed by atoms with E-state index in [1.807, 2.05) is 48.5 Å². The van der Waals surface area contributed by atoms with Crippen LogP contribution in [0, 0.1) is 0 Å². The lowest BCUT2D eigenvalue weighted by molar-refractivity contribution is -0.129. The van der Waals surface area contributed by atoms with Crippen LogP contribution in [-0.2, 0) is 11.3 Å². The van der Waals surface area contributed by atoms with Gasteiger partial charge in [-0.1, -0.05) is 71.2 Å². The van der Waals surface area contributed by atoms with Gasteiger partial charge in [-0.05, 0) is 54.5 Å². The van der Waals surface area contributed by atoms with E-state index >= 15 is 0 Å². The number of allylic oxidation sites excluding steroid dienone is 2. The normalized spacial score (nSPS) is 14.4. The van der Waals surface area contributed by atoms with E-state index in [0.717, 1.165) is 48.1 Å². The van der Waals surface area contributed by atoms with Gasteiger partial charge in [0.1, 0.15) is 0 Å². The van der Waals surface area contributed by atoms with Crippen molar-refractivity contribution in [1.29, 1.82) is 0 Å². The van der Waals surface area contributed by atoms with Crippen LogP contribution in [0.2, 0.25) is 0 Å². The zero-order valence-electron chi connectivity index (χ0n) is 17.0. The van der Waals surface area contributed by atoms with Gasteiger partial charge in [-0.3, -0.25) is 4.79 Å². The minimum absolute atomic E-state index is 0.333. The van der Waals surface area contributed by atoms with E-state index in [1.54, 1.807) is 19.1 Å². The Kier molecular flexibility index (Phi) is 7.56. The third-order valence-corrected chi connectivity index (χ3v) is 5.65. The first-order valence-electron chi connectivity index (χ1n) is 9.72. The number of rotatable bonds is 6. The smallest absolute Gasteiger partial charge is 0.279 e. The fourth-order valence-corrected chi connectivity index (χ4v) is 4.04. The highest BCUT2D eigenvalue weighted by molar-refractivity contribution is 6.76. The molecule has 0 aromatic heterocycles. The van der Waals surface area contributed by atoms with Crippen LogP contribution in [0.5, 0.6) is 11.5 Å². The number of hydrogen-bond acceptors (Lipinski definition) is 3. The maximum Gasteiger partial charge on any atom is 0.279 e. The molecule has 0 fully saturated rings. The molecule has 7 heteroatoms. The predicted molar refractivity (Wildman–Crippen MR) is 122 cm³/mol. The summed E-state index contributed by atoms with van der Waals surface area (Å²) in [5, 5.41) is 0. The number of alkyl halides is 3. The summed E-state index contributed by atoms with van der Waals surface area (Å²) < 4.78 is 8.79. The largest absolute Gasteiger partial charge is 0.493 e. The SMILES string of the molecule is COc1ccc(C2=C(N(Cc3ccccc3)C(=O)C(Cl)(Cl)Cl)CCCC2)cc1OC. The average Bonchev–Trinajstić information content (AvgIpc) is 2.76. The Balaban J connectivity index is 2.10. The number of methoxy groups -OCH3 is 2. The monoisotopic (exact) mass is 467 g/mol. The molecule has 2 aromatic carbocycles. The fraction of sp³-hybridized carbons (Fsp3) is 0.348. The molecule has 0 aliphatic heterocycles. The molecule has 0 N–H and O–H groups in total. The molecule has 0 atom stereocenters. The molecule has 1 aliphatic rings. The van der Waals surface area contributed by atoms with E-state index < -0.39 is 9.70 Å². The molecule has 0 bridgehead atoms. The Morgan fingerprint density at radius 2 is 1.63 bits per heavy atom. The molecule has 0 radical (unpaired) electrons. The van der Waals surface area contributed by atoms with Gasteiger partial charge in [0.05, 0.1) is 20.8 Å². The average molecular weight is 469 g/mol. The molecule has 160 valence electrons. The first kappa shape index (κ1) is 22.8. The summed E-state index contributed by atoms with van der Waals surface area (Å²) >= 11 is 18.1. The molecule has 2 aromatic rings. The minimum Gasteiger partial charge on any atom is -0.493 e. The van der Waals surface area contributed by atoms with Crippen molar-refractivity contribution < 1.29 is 14.3 Å². The lowest BCUT2D eigenvalue weighted by atomic mass is 9.89. The molecule has 0 unspecified atom stereocenters. The van der Waals surface area contributed by atoms with Gasteiger partial charge in [0.15, 0.2) is 11.5 Å². The molecule has 4 nitrogen and oxygen atoms in total. The van der Waals surface area contributed by atoms with E-state index in [4.69, 9.17) is 44.3 Å². The summed E-state index contributed by atoms with van der Waals surface area (Å²) in [6, 6.07) is 15.5. The molecule has 3 rings (SSSR count). The topological polar surface area (TPSA) is 38.8 Å². The van der Waals surface area contributed by atoms with Crippen LogP contribution in [0.3, 0.4) is 0 Å². The summed E-state index contributed by atoms with van der Waals surface area (Å²) in [4.78, 5) is 14.7. The number of carbonyl (C=O) groups is 1. The standard InChI is InChI=1S/C23H24Cl3NO3/c1-29-20-13-12-17(14-21(20)30-2)18-10-6-7-11-19(18)27(22(28)23(24,25)26)15-16-8-4-3-5-9-16/h3-5,8-9,12-14H,6-7,10-11,15H2,1-2H3. The second-order valence-corrected chi connectivity index (χ2v) is 9.36. The second kappa shape index (κ2) is 9.95. The fourth-order valence-electron chi connectivity index (χ4n) is 3.73. The van der Waals surface area contributed by atoms with Crippen molar-refractivity contribution in [3.8, 4) is 11.5 Å². The maximum atomic E-state index is 13.1. The molecule has 1 amide bonds. The van der Waals surface area contributed by atoms with E-state index in [2.05, 4.69) is 0 Å². The van der Waals surface area contributed by atoms with Crippen molar-refractivity contribution in [2.75, 3.05) is 14.2 Å². The number of hydrogen-bond donors (Lipinski definition) is 0. The quantitative estimate of drug-likeness (QED) is 0.461. The van der Waals surface area contributed by atoms with E-state index in [-0.39, 0.29) is 0 Å². The number of halogens is 3. The van der Waals surface area contributed by atoms with Gasteiger partial charge in [0, 0.05) is 5.70 Å². The Labute approximate surface area is 192 Å². The van der Waals surface area contributed by atoms with Crippen molar-refractivity contribution in [3.63, 3.8) is 0 Å². The van der Waals surface area contributed by atoms with Crippen LogP contribution < -0.4 is 9.47 Å². The van der Waals surface area contributed by atoms with Gasteiger partial charge in [-0.25, -0.2) is 0 Å². The van der Waals surface area contributed by atoms with E-state index in [0.29, 0.717) is 18.0 Å². The lowest BCUT2D eigenvalue weighted by Gasteiger charge is -2.33. The highest BCUT2D eigenvalue weighted by Crippen LogP contribution is 2.40. The molecule has 0 saturated carbocycles. The Morgan fingerprint density at radius 3 is 2.27 bits per heavy atom. The molecular formula is C23H24Cl3NO3. The first-order valence-corrected chi connectivity index (χ1v) is 10.9. The van der Waals surface area contributed by atoms with Crippen LogP contribution in [0.25, 0.3) is 5.57 Å². The number of carbonyl (C=O) groups excluding carboxylic acids is 1. The number of benzene rings is 2. The number of ether oxygens (including phenoxy) is 2. The van der Waals surface area contributed by atoms with Gasteiger partial charge in [0.2, 0.25) is 0 Å². The number of amides is 1. The molecule has 0 saturated heterocycles. The molecular weight excluding hydrogens is 445 g/mol. The third kappa shape index (κ3) is 5.23. The van der Waals surface area contributed by atoms with Crippen LogP contribution in [0.4, 0.5) is 0 Å². The van der Waals surface area contributed by atoms with E-state index in [1.165, 1.54) is 0 Å². The summed E-state index contributed by atoms with van der Waals surface area (Å²) in [5.74, 6) is 0.735.